The van der Waals surface area contributed by atoms with Crippen molar-refractivity contribution in [2.24, 2.45) is 0 Å². The summed E-state index contributed by atoms with van der Waals surface area (Å²) < 4.78 is 5.59. The molecule has 0 atom stereocenters. The summed E-state index contributed by atoms with van der Waals surface area (Å²) in [6.07, 6.45) is 1.48. The van der Waals surface area contributed by atoms with E-state index in [0.717, 1.165) is 0 Å². The van der Waals surface area contributed by atoms with E-state index in [1.807, 2.05) is 0 Å². The third kappa shape index (κ3) is 4.63. The minimum atomic E-state index is -0.263. The zero-order valence-electron chi connectivity index (χ0n) is 12.7. The van der Waals surface area contributed by atoms with Gasteiger partial charge in [0, 0.05) is 28.5 Å². The van der Waals surface area contributed by atoms with Crippen molar-refractivity contribution in [3.8, 4) is 11.6 Å². The van der Waals surface area contributed by atoms with Crippen LogP contribution in [-0.4, -0.2) is 10.9 Å². The van der Waals surface area contributed by atoms with Crippen molar-refractivity contribution >= 4 is 46.4 Å². The fourth-order valence-corrected chi connectivity index (χ4v) is 2.46. The number of halogens is 3. The van der Waals surface area contributed by atoms with Gasteiger partial charge in [0.05, 0.1) is 10.0 Å². The average Bonchev–Trinajstić information content (AvgIpc) is 2.60. The highest BCUT2D eigenvalue weighted by Crippen LogP contribution is 2.31. The molecule has 0 aliphatic heterocycles. The molecule has 0 fully saturated rings. The first-order valence-corrected chi connectivity index (χ1v) is 8.30. The Kier molecular flexibility index (Phi) is 5.43. The Morgan fingerprint density at radius 3 is 2.28 bits per heavy atom. The minimum absolute atomic E-state index is 0.263. The molecule has 3 aromatic rings. The second-order valence-corrected chi connectivity index (χ2v) is 6.30. The topological polar surface area (TPSA) is 51.2 Å². The summed E-state index contributed by atoms with van der Waals surface area (Å²) in [5.41, 5.74) is 1.03. The number of nitrogens with one attached hydrogen (secondary N) is 1. The number of hydrogen-bond donors (Lipinski definition) is 1. The summed E-state index contributed by atoms with van der Waals surface area (Å²) in [7, 11) is 0. The summed E-state index contributed by atoms with van der Waals surface area (Å²) in [4.78, 5) is 16.2. The number of ether oxygens (including phenoxy) is 1. The molecule has 4 nitrogen and oxygen atoms in total. The van der Waals surface area contributed by atoms with Gasteiger partial charge in [-0.3, -0.25) is 4.79 Å². The van der Waals surface area contributed by atoms with Gasteiger partial charge in [-0.2, -0.15) is 0 Å². The number of anilines is 1. The lowest BCUT2D eigenvalue weighted by Crippen LogP contribution is -2.11. The number of hydrogen-bond acceptors (Lipinski definition) is 3. The van der Waals surface area contributed by atoms with Gasteiger partial charge >= 0.3 is 0 Å². The fraction of sp³-hybridized carbons (Fsp3) is 0. The van der Waals surface area contributed by atoms with Gasteiger partial charge in [-0.05, 0) is 48.5 Å². The Morgan fingerprint density at radius 2 is 1.64 bits per heavy atom. The van der Waals surface area contributed by atoms with Crippen molar-refractivity contribution in [2.45, 2.75) is 0 Å². The zero-order valence-corrected chi connectivity index (χ0v) is 14.9. The van der Waals surface area contributed by atoms with E-state index in [4.69, 9.17) is 39.5 Å². The maximum Gasteiger partial charge on any atom is 0.255 e. The first kappa shape index (κ1) is 17.5. The van der Waals surface area contributed by atoms with E-state index in [1.54, 1.807) is 54.6 Å². The van der Waals surface area contributed by atoms with Gasteiger partial charge < -0.3 is 10.1 Å². The Morgan fingerprint density at radius 1 is 0.920 bits per heavy atom. The van der Waals surface area contributed by atoms with Gasteiger partial charge in [0.25, 0.3) is 5.91 Å². The van der Waals surface area contributed by atoms with Crippen molar-refractivity contribution in [1.29, 1.82) is 0 Å². The predicted molar refractivity (Wildman–Crippen MR) is 100 cm³/mol. The van der Waals surface area contributed by atoms with Crippen LogP contribution in [0.1, 0.15) is 10.4 Å². The molecule has 0 spiro atoms. The Hall–Kier alpha value is -2.27. The molecule has 2 aromatic carbocycles. The van der Waals surface area contributed by atoms with Gasteiger partial charge in [0.2, 0.25) is 5.88 Å². The normalized spacial score (nSPS) is 10.4. The monoisotopic (exact) mass is 392 g/mol. The third-order valence-corrected chi connectivity index (χ3v) is 3.98. The smallest absolute Gasteiger partial charge is 0.255 e. The molecule has 3 rings (SSSR count). The number of rotatable bonds is 4. The first-order chi connectivity index (χ1) is 12.0. The number of amides is 1. The van der Waals surface area contributed by atoms with Gasteiger partial charge in [0.1, 0.15) is 5.75 Å². The summed E-state index contributed by atoms with van der Waals surface area (Å²) in [5, 5.41) is 4.18. The van der Waals surface area contributed by atoms with Crippen LogP contribution in [0.4, 0.5) is 5.69 Å². The van der Waals surface area contributed by atoms with Gasteiger partial charge in [0.15, 0.2) is 0 Å². The van der Waals surface area contributed by atoms with Crippen LogP contribution in [0.2, 0.25) is 15.1 Å². The molecule has 0 aliphatic carbocycles. The fourth-order valence-electron chi connectivity index (χ4n) is 2.00. The maximum absolute atomic E-state index is 12.2. The summed E-state index contributed by atoms with van der Waals surface area (Å²) in [6.45, 7) is 0. The lowest BCUT2D eigenvalue weighted by molar-refractivity contribution is 0.102. The number of carbonyl (C=O) groups excluding carboxylic acids is 1. The van der Waals surface area contributed by atoms with E-state index in [0.29, 0.717) is 37.9 Å². The molecule has 25 heavy (non-hydrogen) atoms. The molecule has 1 heterocycles. The maximum atomic E-state index is 12.2. The largest absolute Gasteiger partial charge is 0.437 e. The number of carbonyl (C=O) groups is 1. The quantitative estimate of drug-likeness (QED) is 0.584. The second kappa shape index (κ2) is 7.74. The van der Waals surface area contributed by atoms with Crippen LogP contribution in [0.15, 0.2) is 60.8 Å². The van der Waals surface area contributed by atoms with E-state index < -0.39 is 0 Å². The molecule has 1 aromatic heterocycles. The highest BCUT2D eigenvalue weighted by molar-refractivity contribution is 6.32. The number of aromatic nitrogens is 1. The van der Waals surface area contributed by atoms with E-state index in [9.17, 15) is 4.79 Å². The number of nitrogens with zero attached hydrogens (tertiary/aromatic N) is 1. The molecule has 0 saturated heterocycles. The lowest BCUT2D eigenvalue weighted by atomic mass is 10.2. The van der Waals surface area contributed by atoms with Gasteiger partial charge in [-0.25, -0.2) is 4.98 Å². The summed E-state index contributed by atoms with van der Waals surface area (Å²) in [5.74, 6) is 0.519. The summed E-state index contributed by atoms with van der Waals surface area (Å²) >= 11 is 17.8. The molecular formula is C18H11Cl3N2O2. The molecule has 0 radical (unpaired) electrons. The number of pyridine rings is 1. The van der Waals surface area contributed by atoms with Crippen molar-refractivity contribution in [3.63, 3.8) is 0 Å². The zero-order chi connectivity index (χ0) is 17.8. The number of benzene rings is 2. The van der Waals surface area contributed by atoms with Crippen LogP contribution in [0.5, 0.6) is 11.6 Å². The van der Waals surface area contributed by atoms with E-state index in [-0.39, 0.29) is 5.91 Å². The van der Waals surface area contributed by atoms with Crippen molar-refractivity contribution < 1.29 is 9.53 Å². The molecular weight excluding hydrogens is 383 g/mol. The molecule has 1 amide bonds. The van der Waals surface area contributed by atoms with E-state index >= 15 is 0 Å². The van der Waals surface area contributed by atoms with Crippen LogP contribution >= 0.6 is 34.8 Å². The van der Waals surface area contributed by atoms with E-state index in [1.165, 1.54) is 6.20 Å². The van der Waals surface area contributed by atoms with Crippen molar-refractivity contribution in [1.82, 2.24) is 4.98 Å². The molecule has 0 unspecified atom stereocenters. The first-order valence-electron chi connectivity index (χ1n) is 7.17. The molecule has 0 aliphatic rings. The Labute approximate surface area is 159 Å². The van der Waals surface area contributed by atoms with Crippen LogP contribution in [0.25, 0.3) is 0 Å². The van der Waals surface area contributed by atoms with Crippen LogP contribution in [0.3, 0.4) is 0 Å². The molecule has 126 valence electrons. The second-order valence-electron chi connectivity index (χ2n) is 5.02. The molecule has 1 N–H and O–H groups in total. The van der Waals surface area contributed by atoms with Gasteiger partial charge in [-0.15, -0.1) is 0 Å². The minimum Gasteiger partial charge on any atom is -0.437 e. The SMILES string of the molecule is O=C(Nc1ccc(Oc2ccc(Cl)cn2)c(Cl)c1)c1ccc(Cl)cc1. The van der Waals surface area contributed by atoms with Crippen molar-refractivity contribution in [3.05, 3.63) is 81.4 Å². The predicted octanol–water partition coefficient (Wildman–Crippen LogP) is 6.09. The lowest BCUT2D eigenvalue weighted by Gasteiger charge is -2.10. The van der Waals surface area contributed by atoms with Crippen LogP contribution in [-0.2, 0) is 0 Å². The Balaban J connectivity index is 1.72. The molecule has 7 heteroatoms. The van der Waals surface area contributed by atoms with Crippen LogP contribution in [0, 0.1) is 0 Å². The van der Waals surface area contributed by atoms with E-state index in [2.05, 4.69) is 10.3 Å². The third-order valence-electron chi connectivity index (χ3n) is 3.21. The Bertz CT molecular complexity index is 897. The van der Waals surface area contributed by atoms with Crippen LogP contribution < -0.4 is 10.1 Å². The highest BCUT2D eigenvalue weighted by Gasteiger charge is 2.09. The standard InChI is InChI=1S/C18H11Cl3N2O2/c19-12-3-1-11(2-4-12)18(24)23-14-6-7-16(15(21)9-14)25-17-8-5-13(20)10-22-17/h1-10H,(H,23,24). The average molecular weight is 394 g/mol. The summed E-state index contributed by atoms with van der Waals surface area (Å²) in [6, 6.07) is 14.8. The highest BCUT2D eigenvalue weighted by atomic mass is 35.5. The van der Waals surface area contributed by atoms with Crippen molar-refractivity contribution in [2.75, 3.05) is 5.32 Å². The molecule has 0 saturated carbocycles. The van der Waals surface area contributed by atoms with Gasteiger partial charge in [-0.1, -0.05) is 34.8 Å². The molecule has 0 bridgehead atoms.